The van der Waals surface area contributed by atoms with Gasteiger partial charge < -0.3 is 10.1 Å². The fourth-order valence-electron chi connectivity index (χ4n) is 1.96. The third-order valence-electron chi connectivity index (χ3n) is 2.77. The average Bonchev–Trinajstić information content (AvgIpc) is 2.30. The lowest BCUT2D eigenvalue weighted by atomic mass is 10.0. The number of nitrogens with zero attached hydrogens (tertiary/aromatic N) is 1. The smallest absolute Gasteiger partial charge is 0.0742 e. The van der Waals surface area contributed by atoms with Crippen molar-refractivity contribution in [1.29, 1.82) is 0 Å². The van der Waals surface area contributed by atoms with Gasteiger partial charge in [-0.25, -0.2) is 0 Å². The predicted octanol–water partition coefficient (Wildman–Crippen LogP) is 2.86. The molecule has 0 aliphatic rings. The Morgan fingerprint density at radius 3 is 2.71 bits per heavy atom. The summed E-state index contributed by atoms with van der Waals surface area (Å²) >= 11 is 0. The van der Waals surface area contributed by atoms with Crippen LogP contribution in [0.1, 0.15) is 44.4 Å². The molecule has 3 heteroatoms. The molecule has 3 nitrogen and oxygen atoms in total. The van der Waals surface area contributed by atoms with E-state index in [-0.39, 0.29) is 12.1 Å². The molecule has 0 saturated carbocycles. The normalized spacial score (nSPS) is 14.6. The van der Waals surface area contributed by atoms with Gasteiger partial charge in [-0.3, -0.25) is 4.98 Å². The lowest BCUT2D eigenvalue weighted by molar-refractivity contribution is 0.0471. The van der Waals surface area contributed by atoms with Crippen molar-refractivity contribution in [2.75, 3.05) is 13.2 Å². The summed E-state index contributed by atoms with van der Waals surface area (Å²) in [6.45, 7) is 10.1. The fourth-order valence-corrected chi connectivity index (χ4v) is 1.96. The van der Waals surface area contributed by atoms with Crippen LogP contribution in [0.25, 0.3) is 0 Å². The molecule has 0 fully saturated rings. The van der Waals surface area contributed by atoms with Crippen LogP contribution >= 0.6 is 0 Å². The van der Waals surface area contributed by atoms with E-state index in [2.05, 4.69) is 37.1 Å². The number of hydrogen-bond acceptors (Lipinski definition) is 3. The molecule has 0 amide bonds. The van der Waals surface area contributed by atoms with E-state index < -0.39 is 0 Å². The van der Waals surface area contributed by atoms with Gasteiger partial charge >= 0.3 is 0 Å². The second-order valence-electron chi connectivity index (χ2n) is 4.39. The van der Waals surface area contributed by atoms with Crippen LogP contribution < -0.4 is 5.32 Å². The molecule has 1 aromatic rings. The van der Waals surface area contributed by atoms with E-state index >= 15 is 0 Å². The molecular formula is C14H24N2O. The zero-order valence-electron chi connectivity index (χ0n) is 11.4. The molecule has 0 aliphatic heterocycles. The third kappa shape index (κ3) is 4.44. The van der Waals surface area contributed by atoms with Crippen molar-refractivity contribution in [3.05, 3.63) is 29.6 Å². The van der Waals surface area contributed by atoms with Crippen molar-refractivity contribution in [2.45, 2.75) is 46.3 Å². The van der Waals surface area contributed by atoms with Crippen molar-refractivity contribution < 1.29 is 4.74 Å². The first-order valence-corrected chi connectivity index (χ1v) is 6.45. The highest BCUT2D eigenvalue weighted by Crippen LogP contribution is 2.19. The fraction of sp³-hybridized carbons (Fsp3) is 0.643. The van der Waals surface area contributed by atoms with Crippen molar-refractivity contribution in [3.8, 4) is 0 Å². The summed E-state index contributed by atoms with van der Waals surface area (Å²) in [6.07, 6.45) is 5.09. The van der Waals surface area contributed by atoms with Gasteiger partial charge in [0.15, 0.2) is 0 Å². The number of nitrogens with one attached hydrogen (secondary N) is 1. The van der Waals surface area contributed by atoms with Crippen LogP contribution in [0.15, 0.2) is 18.5 Å². The van der Waals surface area contributed by atoms with Gasteiger partial charge in [-0.15, -0.1) is 0 Å². The SMILES string of the molecule is CCCNC(c1cncc(C)c1)C(C)OCC. The Labute approximate surface area is 105 Å². The van der Waals surface area contributed by atoms with Crippen molar-refractivity contribution >= 4 is 0 Å². The minimum absolute atomic E-state index is 0.162. The topological polar surface area (TPSA) is 34.2 Å². The number of hydrogen-bond donors (Lipinski definition) is 1. The lowest BCUT2D eigenvalue weighted by Gasteiger charge is -2.25. The summed E-state index contributed by atoms with van der Waals surface area (Å²) in [5.74, 6) is 0. The molecule has 0 saturated heterocycles. The van der Waals surface area contributed by atoms with Gasteiger partial charge in [-0.2, -0.15) is 0 Å². The van der Waals surface area contributed by atoms with E-state index in [1.54, 1.807) is 0 Å². The van der Waals surface area contributed by atoms with Gasteiger partial charge in [0.25, 0.3) is 0 Å². The third-order valence-corrected chi connectivity index (χ3v) is 2.77. The number of rotatable bonds is 7. The molecule has 1 aromatic heterocycles. The number of aryl methyl sites for hydroxylation is 1. The molecule has 1 rings (SSSR count). The van der Waals surface area contributed by atoms with E-state index in [0.29, 0.717) is 0 Å². The maximum Gasteiger partial charge on any atom is 0.0742 e. The van der Waals surface area contributed by atoms with Crippen LogP contribution in [-0.4, -0.2) is 24.2 Å². The molecule has 0 aromatic carbocycles. The highest BCUT2D eigenvalue weighted by atomic mass is 16.5. The van der Waals surface area contributed by atoms with Crippen LogP contribution in [0.3, 0.4) is 0 Å². The van der Waals surface area contributed by atoms with Gasteiger partial charge in [0.1, 0.15) is 0 Å². The first kappa shape index (κ1) is 14.1. The van der Waals surface area contributed by atoms with E-state index in [9.17, 15) is 0 Å². The van der Waals surface area contributed by atoms with E-state index in [1.165, 1.54) is 11.1 Å². The second kappa shape index (κ2) is 7.41. The molecule has 1 N–H and O–H groups in total. The Kier molecular flexibility index (Phi) is 6.16. The molecule has 17 heavy (non-hydrogen) atoms. The molecule has 96 valence electrons. The number of pyridine rings is 1. The minimum atomic E-state index is 0.162. The van der Waals surface area contributed by atoms with E-state index in [1.807, 2.05) is 19.3 Å². The maximum absolute atomic E-state index is 5.71. The molecule has 0 spiro atoms. The average molecular weight is 236 g/mol. The van der Waals surface area contributed by atoms with Crippen molar-refractivity contribution in [1.82, 2.24) is 10.3 Å². The van der Waals surface area contributed by atoms with E-state index in [4.69, 9.17) is 4.74 Å². The molecule has 2 atom stereocenters. The van der Waals surface area contributed by atoms with E-state index in [0.717, 1.165) is 19.6 Å². The summed E-state index contributed by atoms with van der Waals surface area (Å²) in [4.78, 5) is 4.26. The quantitative estimate of drug-likeness (QED) is 0.790. The summed E-state index contributed by atoms with van der Waals surface area (Å²) in [5.41, 5.74) is 2.40. The Morgan fingerprint density at radius 1 is 1.35 bits per heavy atom. The Bertz CT molecular complexity index is 328. The molecular weight excluding hydrogens is 212 g/mol. The minimum Gasteiger partial charge on any atom is -0.377 e. The lowest BCUT2D eigenvalue weighted by Crippen LogP contribution is -2.32. The van der Waals surface area contributed by atoms with Crippen LogP contribution in [0.4, 0.5) is 0 Å². The summed E-state index contributed by atoms with van der Waals surface area (Å²) < 4.78 is 5.71. The molecule has 0 radical (unpaired) electrons. The molecule has 2 unspecified atom stereocenters. The monoisotopic (exact) mass is 236 g/mol. The first-order chi connectivity index (χ1) is 8.19. The highest BCUT2D eigenvalue weighted by Gasteiger charge is 2.19. The molecule has 0 aliphatic carbocycles. The number of aromatic nitrogens is 1. The van der Waals surface area contributed by atoms with Gasteiger partial charge in [0.05, 0.1) is 12.1 Å². The van der Waals surface area contributed by atoms with Crippen LogP contribution in [0.5, 0.6) is 0 Å². The second-order valence-corrected chi connectivity index (χ2v) is 4.39. The van der Waals surface area contributed by atoms with Gasteiger partial charge in [-0.1, -0.05) is 13.0 Å². The van der Waals surface area contributed by atoms with Crippen molar-refractivity contribution in [3.63, 3.8) is 0 Å². The summed E-state index contributed by atoms with van der Waals surface area (Å²) in [7, 11) is 0. The first-order valence-electron chi connectivity index (χ1n) is 6.45. The van der Waals surface area contributed by atoms with Crippen molar-refractivity contribution in [2.24, 2.45) is 0 Å². The maximum atomic E-state index is 5.71. The van der Waals surface area contributed by atoms with Gasteiger partial charge in [0.2, 0.25) is 0 Å². The summed E-state index contributed by atoms with van der Waals surface area (Å²) in [6, 6.07) is 2.40. The van der Waals surface area contributed by atoms with Gasteiger partial charge in [0, 0.05) is 19.0 Å². The Morgan fingerprint density at radius 2 is 2.12 bits per heavy atom. The van der Waals surface area contributed by atoms with Gasteiger partial charge in [-0.05, 0) is 44.9 Å². The Balaban J connectivity index is 2.81. The highest BCUT2D eigenvalue weighted by molar-refractivity contribution is 5.21. The van der Waals surface area contributed by atoms with Crippen LogP contribution in [0, 0.1) is 6.92 Å². The summed E-state index contributed by atoms with van der Waals surface area (Å²) in [5, 5.41) is 3.53. The zero-order valence-corrected chi connectivity index (χ0v) is 11.4. The number of ether oxygens (including phenoxy) is 1. The predicted molar refractivity (Wildman–Crippen MR) is 71.1 cm³/mol. The zero-order chi connectivity index (χ0) is 12.7. The standard InChI is InChI=1S/C14H24N2O/c1-5-7-16-14(12(4)17-6-2)13-8-11(3)9-15-10-13/h8-10,12,14,16H,5-7H2,1-4H3. The molecule has 0 bridgehead atoms. The Hall–Kier alpha value is -0.930. The van der Waals surface area contributed by atoms with Crippen LogP contribution in [0.2, 0.25) is 0 Å². The largest absolute Gasteiger partial charge is 0.377 e. The molecule has 1 heterocycles. The van der Waals surface area contributed by atoms with Crippen LogP contribution in [-0.2, 0) is 4.74 Å².